The van der Waals surface area contributed by atoms with Crippen LogP contribution >= 0.6 is 11.8 Å². The van der Waals surface area contributed by atoms with Crippen LogP contribution in [0.5, 0.6) is 0 Å². The van der Waals surface area contributed by atoms with Gasteiger partial charge in [0.1, 0.15) is 12.2 Å². The molecule has 0 aromatic rings. The topological polar surface area (TPSA) is 175 Å². The van der Waals surface area contributed by atoms with Crippen LogP contribution in [0.1, 0.15) is 20.3 Å². The molecule has 0 radical (unpaired) electrons. The maximum Gasteiger partial charge on any atom is 0.353 e. The van der Waals surface area contributed by atoms with Crippen LogP contribution in [0.2, 0.25) is 0 Å². The van der Waals surface area contributed by atoms with E-state index in [1.54, 1.807) is 6.92 Å². The Morgan fingerprint density at radius 2 is 2.07 bits per heavy atom. The number of carbonyl (C=O) groups excluding carboxylic acids is 2. The number of hydrogen-bond acceptors (Lipinski definition) is 7. The Morgan fingerprint density at radius 3 is 2.63 bits per heavy atom. The molecule has 0 unspecified atom stereocenters. The normalized spacial score (nSPS) is 31.9. The minimum Gasteiger partial charge on any atom is -0.477 e. The smallest absolute Gasteiger partial charge is 0.353 e. The van der Waals surface area contributed by atoms with Crippen LogP contribution in [0.4, 0.5) is 0 Å². The van der Waals surface area contributed by atoms with E-state index in [1.807, 2.05) is 18.9 Å². The molecule has 11 nitrogen and oxygen atoms in total. The number of hydrogen-bond donors (Lipinski definition) is 5. The predicted octanol–water partition coefficient (Wildman–Crippen LogP) is -1.71. The fourth-order valence-electron chi connectivity index (χ4n) is 4.46. The first-order valence-corrected chi connectivity index (χ1v) is 10.6. The number of nitrogens with one attached hydrogen (secondary N) is 1. The zero-order valence-electron chi connectivity index (χ0n) is 17.1. The van der Waals surface area contributed by atoms with Crippen molar-refractivity contribution in [1.29, 1.82) is 0 Å². The molecule has 3 heterocycles. The average molecular weight is 441 g/mol. The first kappa shape index (κ1) is 22.4. The fraction of sp³-hybridized carbons (Fsp3) is 0.667. The van der Waals surface area contributed by atoms with Crippen molar-refractivity contribution in [2.24, 2.45) is 28.3 Å². The number of nitrogens with two attached hydrogens (primary N) is 2. The van der Waals surface area contributed by atoms with E-state index in [1.165, 1.54) is 16.7 Å². The van der Waals surface area contributed by atoms with E-state index in [4.69, 9.17) is 11.5 Å². The third-order valence-corrected chi connectivity index (χ3v) is 7.34. The summed E-state index contributed by atoms with van der Waals surface area (Å²) in [4.78, 5) is 44.0. The number of fused-ring (bicyclic) bond motifs is 1. The SMILES string of the molecule is C[C@@H](O)[C@H]1C(=O)N2C(C(=O)O)=C(S[C@H]3C[C@@H](NC(=O)CN=C(N)N)N(C)C3)[C@H](C)[C@H]12. The number of likely N-dealkylation sites (tertiary alicyclic amines) is 1. The van der Waals surface area contributed by atoms with Gasteiger partial charge in [0.25, 0.3) is 0 Å². The largest absolute Gasteiger partial charge is 0.477 e. The lowest BCUT2D eigenvalue weighted by Gasteiger charge is -2.46. The lowest BCUT2D eigenvalue weighted by atomic mass is 9.79. The highest BCUT2D eigenvalue weighted by molar-refractivity contribution is 8.03. The number of carbonyl (C=O) groups is 3. The van der Waals surface area contributed by atoms with Crippen LogP contribution < -0.4 is 16.8 Å². The van der Waals surface area contributed by atoms with Crippen LogP contribution in [0.25, 0.3) is 0 Å². The molecule has 12 heteroatoms. The number of thioether (sulfide) groups is 1. The van der Waals surface area contributed by atoms with Gasteiger partial charge in [-0.25, -0.2) is 9.79 Å². The third kappa shape index (κ3) is 3.98. The monoisotopic (exact) mass is 440 g/mol. The molecule has 0 saturated carbocycles. The summed E-state index contributed by atoms with van der Waals surface area (Å²) in [6, 6.07) is -0.333. The standard InChI is InChI=1S/C18H28N6O5S/c1-7-13-12(8(2)25)16(27)24(13)14(17(28)29)15(7)30-9-4-10(23(3)6-9)22-11(26)5-21-18(19)20/h7-10,12-13,25H,4-6H2,1-3H3,(H,22,26)(H,28,29)(H4,19,20,21)/t7-,8-,9+,10+,12-,13-/m1/s1. The van der Waals surface area contributed by atoms with Crippen molar-refractivity contribution in [2.45, 2.75) is 43.8 Å². The molecule has 3 rings (SSSR count). The molecule has 6 atom stereocenters. The summed E-state index contributed by atoms with van der Waals surface area (Å²) >= 11 is 1.44. The van der Waals surface area contributed by atoms with E-state index in [2.05, 4.69) is 10.3 Å². The van der Waals surface area contributed by atoms with Crippen LogP contribution in [0.15, 0.2) is 15.6 Å². The molecule has 166 valence electrons. The van der Waals surface area contributed by atoms with E-state index >= 15 is 0 Å². The van der Waals surface area contributed by atoms with Gasteiger partial charge in [-0.3, -0.25) is 14.5 Å². The highest BCUT2D eigenvalue weighted by Gasteiger charge is 2.60. The molecule has 30 heavy (non-hydrogen) atoms. The Bertz CT molecular complexity index is 811. The molecule has 0 spiro atoms. The van der Waals surface area contributed by atoms with Gasteiger partial charge in [0.2, 0.25) is 11.8 Å². The molecule has 7 N–H and O–H groups in total. The van der Waals surface area contributed by atoms with Gasteiger partial charge in [0, 0.05) is 22.6 Å². The van der Waals surface area contributed by atoms with E-state index in [0.717, 1.165) is 0 Å². The number of β-lactam (4-membered cyclic amide) rings is 1. The Labute approximate surface area is 178 Å². The van der Waals surface area contributed by atoms with Gasteiger partial charge < -0.3 is 31.9 Å². The molecule has 0 aromatic carbocycles. The van der Waals surface area contributed by atoms with Gasteiger partial charge >= 0.3 is 5.97 Å². The van der Waals surface area contributed by atoms with Gasteiger partial charge in [-0.05, 0) is 20.4 Å². The number of aliphatic hydroxyl groups is 1. The van der Waals surface area contributed by atoms with Crippen molar-refractivity contribution in [1.82, 2.24) is 15.1 Å². The second-order valence-electron chi connectivity index (χ2n) is 8.01. The van der Waals surface area contributed by atoms with Gasteiger partial charge in [-0.2, -0.15) is 0 Å². The summed E-state index contributed by atoms with van der Waals surface area (Å²) in [6.07, 6.45) is -0.447. The number of carboxylic acids is 1. The molecule has 2 amide bonds. The molecule has 3 aliphatic heterocycles. The van der Waals surface area contributed by atoms with E-state index in [9.17, 15) is 24.6 Å². The number of rotatable bonds is 7. The third-order valence-electron chi connectivity index (χ3n) is 5.85. The van der Waals surface area contributed by atoms with Gasteiger partial charge in [0.15, 0.2) is 5.96 Å². The van der Waals surface area contributed by atoms with Crippen LogP contribution in [-0.4, -0.2) is 87.5 Å². The maximum absolute atomic E-state index is 12.4. The Morgan fingerprint density at radius 1 is 1.40 bits per heavy atom. The molecular weight excluding hydrogens is 412 g/mol. The number of guanidine groups is 1. The Hall–Kier alpha value is -2.31. The maximum atomic E-state index is 12.4. The van der Waals surface area contributed by atoms with Crippen molar-refractivity contribution in [2.75, 3.05) is 20.1 Å². The van der Waals surface area contributed by atoms with Crippen LogP contribution in [-0.2, 0) is 14.4 Å². The van der Waals surface area contributed by atoms with Gasteiger partial charge in [0.05, 0.1) is 24.2 Å². The number of nitrogens with zero attached hydrogens (tertiary/aromatic N) is 3. The molecular formula is C18H28N6O5S. The summed E-state index contributed by atoms with van der Waals surface area (Å²) in [5.41, 5.74) is 10.5. The Kier molecular flexibility index (Phi) is 6.29. The number of aliphatic carboxylic acids is 1. The van der Waals surface area contributed by atoms with Crippen molar-refractivity contribution >= 4 is 35.5 Å². The van der Waals surface area contributed by atoms with Crippen LogP contribution in [0, 0.1) is 11.8 Å². The van der Waals surface area contributed by atoms with Crippen molar-refractivity contribution < 1.29 is 24.6 Å². The number of carboxylic acid groups (broad SMARTS) is 1. The number of aliphatic imine (C=N–C) groups is 1. The molecule has 2 saturated heterocycles. The zero-order valence-corrected chi connectivity index (χ0v) is 17.9. The van der Waals surface area contributed by atoms with E-state index in [0.29, 0.717) is 17.9 Å². The lowest BCUT2D eigenvalue weighted by molar-refractivity contribution is -0.163. The van der Waals surface area contributed by atoms with Gasteiger partial charge in [-0.1, -0.05) is 6.92 Å². The van der Waals surface area contributed by atoms with E-state index in [-0.39, 0.29) is 53.4 Å². The lowest BCUT2D eigenvalue weighted by Crippen LogP contribution is -2.63. The fourth-order valence-corrected chi connectivity index (χ4v) is 6.06. The zero-order chi connectivity index (χ0) is 22.3. The average Bonchev–Trinajstić information content (AvgIpc) is 3.09. The molecule has 0 bridgehead atoms. The number of aliphatic hydroxyl groups excluding tert-OH is 1. The summed E-state index contributed by atoms with van der Waals surface area (Å²) in [7, 11) is 1.87. The second kappa shape index (κ2) is 8.44. The Balaban J connectivity index is 1.70. The quantitative estimate of drug-likeness (QED) is 0.175. The minimum atomic E-state index is -1.14. The van der Waals surface area contributed by atoms with Crippen molar-refractivity contribution in [3.63, 3.8) is 0 Å². The van der Waals surface area contributed by atoms with E-state index < -0.39 is 18.0 Å². The molecule has 2 fully saturated rings. The van der Waals surface area contributed by atoms with Gasteiger partial charge in [-0.15, -0.1) is 11.8 Å². The van der Waals surface area contributed by atoms with Crippen molar-refractivity contribution in [3.05, 3.63) is 10.6 Å². The summed E-state index contributed by atoms with van der Waals surface area (Å²) in [5.74, 6) is -2.71. The first-order chi connectivity index (χ1) is 14.0. The first-order valence-electron chi connectivity index (χ1n) is 9.73. The summed E-state index contributed by atoms with van der Waals surface area (Å²) in [5, 5.41) is 22.6. The molecule has 3 aliphatic rings. The van der Waals surface area contributed by atoms with Crippen LogP contribution in [0.3, 0.4) is 0 Å². The number of amides is 2. The summed E-state index contributed by atoms with van der Waals surface area (Å²) < 4.78 is 0. The highest BCUT2D eigenvalue weighted by atomic mass is 32.2. The predicted molar refractivity (Wildman–Crippen MR) is 111 cm³/mol. The second-order valence-corrected chi connectivity index (χ2v) is 9.35. The highest BCUT2D eigenvalue weighted by Crippen LogP contribution is 2.52. The summed E-state index contributed by atoms with van der Waals surface area (Å²) in [6.45, 7) is 3.93. The molecule has 0 aromatic heterocycles. The van der Waals surface area contributed by atoms with Crippen molar-refractivity contribution in [3.8, 4) is 0 Å². The minimum absolute atomic E-state index is 0.0160. The molecule has 0 aliphatic carbocycles.